The number of furan rings is 5. The molecule has 21 aromatic rings. The molecule has 5 aliphatic heterocycles. The molecule has 0 spiro atoms. The summed E-state index contributed by atoms with van der Waals surface area (Å²) in [4.78, 5) is 67.8. The highest BCUT2D eigenvalue weighted by Crippen LogP contribution is 2.55. The van der Waals surface area contributed by atoms with E-state index in [1.54, 1.807) is 43.4 Å². The third kappa shape index (κ3) is 12.9. The van der Waals surface area contributed by atoms with Crippen molar-refractivity contribution in [3.63, 3.8) is 0 Å². The second kappa shape index (κ2) is 32.2. The molecule has 0 amide bonds. The lowest BCUT2D eigenvalue weighted by molar-refractivity contribution is 0.601. The van der Waals surface area contributed by atoms with Crippen molar-refractivity contribution in [1.29, 1.82) is 0 Å². The van der Waals surface area contributed by atoms with E-state index in [0.717, 1.165) is 173 Å². The van der Waals surface area contributed by atoms with E-state index in [0.29, 0.717) is 34.6 Å². The van der Waals surface area contributed by atoms with Crippen molar-refractivity contribution >= 4 is 202 Å². The third-order valence-electron chi connectivity index (χ3n) is 26.7. The number of pyridine rings is 8. The molecule has 0 saturated heterocycles. The van der Waals surface area contributed by atoms with Gasteiger partial charge >= 0.3 is 0 Å². The van der Waals surface area contributed by atoms with Crippen molar-refractivity contribution < 1.29 is 22.1 Å². The van der Waals surface area contributed by atoms with E-state index in [9.17, 15) is 0 Å². The highest BCUT2D eigenvalue weighted by atomic mass is 16.4. The molecule has 0 aliphatic carbocycles. The molecule has 0 fully saturated rings. The van der Waals surface area contributed by atoms with E-state index in [1.807, 2.05) is 80.2 Å². The Kier molecular flexibility index (Phi) is 19.9. The number of fused-ring (bicyclic) bond motifs is 20. The van der Waals surface area contributed by atoms with E-state index in [4.69, 9.17) is 27.1 Å². The Balaban J connectivity index is 0.0000000966. The predicted octanol–water partition coefficient (Wildman–Crippen LogP) is 25.6. The fourth-order valence-electron chi connectivity index (χ4n) is 20.2. The lowest BCUT2D eigenvalue weighted by Gasteiger charge is -2.33. The average molecular weight is 1740 g/mol. The van der Waals surface area contributed by atoms with Gasteiger partial charge in [-0.1, -0.05) is 91.0 Å². The molecule has 26 rings (SSSR count). The predicted molar refractivity (Wildman–Crippen MR) is 532 cm³/mol. The Morgan fingerprint density at radius 1 is 0.227 bits per heavy atom. The lowest BCUT2D eigenvalue weighted by atomic mass is 10.1. The number of aryl methyl sites for hydroxylation is 5. The van der Waals surface area contributed by atoms with Gasteiger partial charge in [0.2, 0.25) is 28.6 Å². The molecule has 132 heavy (non-hydrogen) atoms. The average Bonchev–Trinajstić information content (AvgIpc) is 1.58. The summed E-state index contributed by atoms with van der Waals surface area (Å²) in [5.41, 5.74) is 25.8. The first kappa shape index (κ1) is 81.6. The number of nitrogens with zero attached hydrogens (tertiary/aromatic N) is 20. The van der Waals surface area contributed by atoms with Gasteiger partial charge in [0.15, 0.2) is 57.0 Å². The summed E-state index contributed by atoms with van der Waals surface area (Å²) >= 11 is 0. The maximum Gasteiger partial charge on any atom is 0.227 e. The fraction of sp³-hybridized carbons (Fsp3) is 0.196. The standard InChI is InChI=1S/C26H21N3O.C22H22N4O.2C20H18N4O.C19H17N5O/c1-17-14-15-20-21-11-8-16-27-26(21)30-25(20)24(17)29-18(2)28(19-9-4-3-5-10-19)22-12-6-7-13-23(22)29;1-13(2)25-15(4)26(21-18(25)8-6-11-23-21)19-14(3)9-10-16-17-7-5-12-24-22(17)27-20(16)19;1-12-8-9-14-15-6-4-11-22-20(15)25-18(14)17(12)24-13(2)23(3)19-16(24)7-5-10-21-19;1-12-8-9-14-15-6-4-11-22-20(15)25-18(14)17(12)24-13(2)23(3)16-7-5-10-21-19(16)24;1-11-6-7-13-14-5-4-8-22-19(14)25-16(13)15(11)24-12(2)23(3)17-18(24)21-10-9-20-17/h3-16,18H,1-2H3;5-13,15H,1-4H3;2*4-11,13H,1-3H3;4-10,12H,1-3H3/t18-;15-;2*13-;12-/m00000/s1. The molecule has 7 aromatic carbocycles. The van der Waals surface area contributed by atoms with Crippen LogP contribution in [0.3, 0.4) is 0 Å². The van der Waals surface area contributed by atoms with Gasteiger partial charge in [-0.05, 0) is 232 Å². The zero-order chi connectivity index (χ0) is 90.3. The SMILES string of the molecule is Cc1ccc2c(oc3ncccc32)c1N1c2ccccc2N(c2ccccc2)[C@@H]1C.Cc1ccc2c(oc3ncccc32)c1N1c2cccnc2N(C)[C@@H]1C.Cc1ccc2c(oc3ncccc32)c1N1c2ncccc2N(C(C)C)[C@@H]1C.Cc1ccc2c(oc3ncccc32)c1N1c2ncccc2N(C)[C@@H]1C.Cc1ccc2c(oc3ncccc32)c1N1c2nccnc2N(C)[C@@H]1C. The summed E-state index contributed by atoms with van der Waals surface area (Å²) in [6.07, 6.45) is 18.4. The quantitative estimate of drug-likeness (QED) is 0.144. The Hall–Kier alpha value is -16.2. The minimum Gasteiger partial charge on any atom is -0.435 e. The summed E-state index contributed by atoms with van der Waals surface area (Å²) in [6.45, 7) is 26.0. The van der Waals surface area contributed by atoms with Crippen LogP contribution in [0.15, 0.2) is 296 Å². The molecule has 0 bridgehead atoms. The molecule has 0 N–H and O–H groups in total. The Bertz CT molecular complexity index is 7660. The Morgan fingerprint density at radius 2 is 0.515 bits per heavy atom. The van der Waals surface area contributed by atoms with Crippen LogP contribution in [0.2, 0.25) is 0 Å². The molecule has 25 heteroatoms. The normalized spacial score (nSPS) is 16.6. The zero-order valence-electron chi connectivity index (χ0n) is 75.9. The number of benzene rings is 7. The van der Waals surface area contributed by atoms with Crippen molar-refractivity contribution in [3.05, 3.63) is 302 Å². The van der Waals surface area contributed by atoms with E-state index in [1.165, 1.54) is 28.2 Å². The number of hydrogen-bond acceptors (Lipinski definition) is 25. The summed E-state index contributed by atoms with van der Waals surface area (Å²) in [5, 5.41) is 10.6. The molecule has 654 valence electrons. The van der Waals surface area contributed by atoms with Crippen LogP contribution in [0.1, 0.15) is 76.3 Å². The first-order chi connectivity index (χ1) is 64.3. The number of para-hydroxylation sites is 3. The van der Waals surface area contributed by atoms with Crippen molar-refractivity contribution in [2.75, 3.05) is 70.1 Å². The van der Waals surface area contributed by atoms with Crippen molar-refractivity contribution in [3.8, 4) is 0 Å². The molecular formula is C107H96N20O5. The van der Waals surface area contributed by atoms with Crippen molar-refractivity contribution in [1.82, 2.24) is 49.8 Å². The highest BCUT2D eigenvalue weighted by Gasteiger charge is 2.43. The number of hydrogen-bond donors (Lipinski definition) is 0. The van der Waals surface area contributed by atoms with Gasteiger partial charge in [0.1, 0.15) is 30.8 Å². The van der Waals surface area contributed by atoms with E-state index >= 15 is 0 Å². The first-order valence-corrected chi connectivity index (χ1v) is 44.7. The van der Waals surface area contributed by atoms with Gasteiger partial charge in [0, 0.05) is 149 Å². The number of aromatic nitrogens is 10. The molecule has 0 radical (unpaired) electrons. The van der Waals surface area contributed by atoms with Crippen LogP contribution in [0.25, 0.3) is 110 Å². The van der Waals surface area contributed by atoms with Crippen LogP contribution in [-0.2, 0) is 0 Å². The topological polar surface area (TPSA) is 227 Å². The molecular weight excluding hydrogens is 1650 g/mol. The van der Waals surface area contributed by atoms with Crippen LogP contribution < -0.4 is 49.0 Å². The smallest absolute Gasteiger partial charge is 0.227 e. The zero-order valence-corrected chi connectivity index (χ0v) is 75.9. The first-order valence-electron chi connectivity index (χ1n) is 44.7. The largest absolute Gasteiger partial charge is 0.435 e. The minimum absolute atomic E-state index is 0.0860. The van der Waals surface area contributed by atoms with Crippen molar-refractivity contribution in [2.24, 2.45) is 0 Å². The summed E-state index contributed by atoms with van der Waals surface area (Å²) in [5.74, 6) is 4.65. The summed E-state index contributed by atoms with van der Waals surface area (Å²) in [7, 11) is 6.21. The van der Waals surface area contributed by atoms with E-state index in [2.05, 4.69) is 349 Å². The third-order valence-corrected chi connectivity index (χ3v) is 26.7. The molecule has 25 nitrogen and oxygen atoms in total. The van der Waals surface area contributed by atoms with Gasteiger partial charge in [0.05, 0.1) is 56.9 Å². The maximum atomic E-state index is 6.31. The van der Waals surface area contributed by atoms with Gasteiger partial charge in [-0.2, -0.15) is 0 Å². The summed E-state index contributed by atoms with van der Waals surface area (Å²) in [6, 6.07) is 73.2. The molecule has 0 saturated carbocycles. The van der Waals surface area contributed by atoms with Crippen LogP contribution in [0, 0.1) is 34.6 Å². The Morgan fingerprint density at radius 3 is 0.932 bits per heavy atom. The lowest BCUT2D eigenvalue weighted by Crippen LogP contribution is -2.42. The van der Waals surface area contributed by atoms with Gasteiger partial charge in [0.25, 0.3) is 0 Å². The molecule has 0 unspecified atom stereocenters. The minimum atomic E-state index is 0.0860. The van der Waals surface area contributed by atoms with Gasteiger partial charge in [-0.3, -0.25) is 4.90 Å². The van der Waals surface area contributed by atoms with Crippen LogP contribution in [0.5, 0.6) is 0 Å². The van der Waals surface area contributed by atoms with Crippen LogP contribution >= 0.6 is 0 Å². The van der Waals surface area contributed by atoms with E-state index in [-0.39, 0.29) is 30.8 Å². The van der Waals surface area contributed by atoms with Crippen LogP contribution in [0.4, 0.5) is 91.7 Å². The van der Waals surface area contributed by atoms with Gasteiger partial charge in [-0.25, -0.2) is 49.8 Å². The molecule has 5 atom stereocenters. The molecule has 5 aliphatic rings. The molecule has 14 aromatic heterocycles. The molecule has 19 heterocycles. The highest BCUT2D eigenvalue weighted by molar-refractivity contribution is 6.15. The second-order valence-electron chi connectivity index (χ2n) is 34.6. The summed E-state index contributed by atoms with van der Waals surface area (Å²) < 4.78 is 31.1. The van der Waals surface area contributed by atoms with Gasteiger partial charge in [-0.15, -0.1) is 0 Å². The number of anilines is 16. The monoisotopic (exact) mass is 1740 g/mol. The maximum absolute atomic E-state index is 6.31. The number of rotatable bonds is 7. The second-order valence-corrected chi connectivity index (χ2v) is 34.6. The fourth-order valence-corrected chi connectivity index (χ4v) is 20.2. The van der Waals surface area contributed by atoms with E-state index < -0.39 is 0 Å². The van der Waals surface area contributed by atoms with Crippen molar-refractivity contribution in [2.45, 2.75) is 120 Å². The Labute approximate surface area is 761 Å². The van der Waals surface area contributed by atoms with Gasteiger partial charge < -0.3 is 66.2 Å². The van der Waals surface area contributed by atoms with Crippen LogP contribution in [-0.4, -0.2) is 108 Å².